The quantitative estimate of drug-likeness (QED) is 0.516. The fraction of sp³-hybridized carbons (Fsp3) is 0.292. The third-order valence-electron chi connectivity index (χ3n) is 5.89. The molecule has 136 valence electrons. The number of pyridine rings is 1. The first-order valence-corrected chi connectivity index (χ1v) is 9.88. The number of benzene rings is 2. The van der Waals surface area contributed by atoms with Crippen LogP contribution in [0.3, 0.4) is 0 Å². The molecule has 2 nitrogen and oxygen atoms in total. The zero-order valence-corrected chi connectivity index (χ0v) is 17.0. The largest absolute Gasteiger partial charge is 0.408 e. The molecule has 2 heterocycles. The van der Waals surface area contributed by atoms with Crippen molar-refractivity contribution in [1.29, 1.82) is 0 Å². The van der Waals surface area contributed by atoms with E-state index in [0.29, 0.717) is 5.92 Å². The van der Waals surface area contributed by atoms with Gasteiger partial charge in [-0.2, -0.15) is 0 Å². The maximum Gasteiger partial charge on any atom is 0.396 e. The van der Waals surface area contributed by atoms with Gasteiger partial charge in [-0.1, -0.05) is 56.2 Å². The van der Waals surface area contributed by atoms with Gasteiger partial charge in [0.1, 0.15) is 7.05 Å². The van der Waals surface area contributed by atoms with E-state index in [1.165, 1.54) is 38.2 Å². The van der Waals surface area contributed by atoms with Gasteiger partial charge in [-0.25, -0.2) is 4.57 Å². The van der Waals surface area contributed by atoms with Crippen LogP contribution in [0.1, 0.15) is 26.3 Å². The molecule has 0 unspecified atom stereocenters. The maximum absolute atomic E-state index is 2.43. The Morgan fingerprint density at radius 2 is 1.74 bits per heavy atom. The molecule has 4 rings (SSSR count). The number of hydrogen-bond acceptors (Lipinski definition) is 1. The lowest BCUT2D eigenvalue weighted by Crippen LogP contribution is -2.62. The van der Waals surface area contributed by atoms with E-state index in [9.17, 15) is 0 Å². The summed E-state index contributed by atoms with van der Waals surface area (Å²) in [6, 6.07) is 19.9. The third kappa shape index (κ3) is 3.05. The van der Waals surface area contributed by atoms with Gasteiger partial charge in [0.2, 0.25) is 5.52 Å². The van der Waals surface area contributed by atoms with Crippen LogP contribution >= 0.6 is 0 Å². The summed E-state index contributed by atoms with van der Waals surface area (Å²) in [5, 5.41) is 4.04. The van der Waals surface area contributed by atoms with E-state index < -0.39 is 0 Å². The van der Waals surface area contributed by atoms with E-state index >= 15 is 0 Å². The minimum absolute atomic E-state index is 0.236. The Morgan fingerprint density at radius 1 is 1.04 bits per heavy atom. The van der Waals surface area contributed by atoms with Crippen LogP contribution < -0.4 is 20.6 Å². The lowest BCUT2D eigenvalue weighted by molar-refractivity contribution is -0.627. The third-order valence-corrected chi connectivity index (χ3v) is 5.89. The van der Waals surface area contributed by atoms with Crippen molar-refractivity contribution in [1.82, 2.24) is 4.81 Å². The van der Waals surface area contributed by atoms with Gasteiger partial charge in [0.15, 0.2) is 5.59 Å². The molecule has 27 heavy (non-hydrogen) atoms. The molecule has 1 aliphatic rings. The summed E-state index contributed by atoms with van der Waals surface area (Å²) in [6.45, 7) is 7.07. The van der Waals surface area contributed by atoms with Crippen molar-refractivity contribution in [2.45, 2.75) is 27.2 Å². The molecule has 3 aromatic rings. The van der Waals surface area contributed by atoms with Crippen molar-refractivity contribution in [3.63, 3.8) is 0 Å². The van der Waals surface area contributed by atoms with Crippen LogP contribution in [0.4, 0.5) is 0 Å². The van der Waals surface area contributed by atoms with Crippen LogP contribution in [0, 0.1) is 5.92 Å². The fourth-order valence-corrected chi connectivity index (χ4v) is 4.36. The highest BCUT2D eigenvalue weighted by Crippen LogP contribution is 2.19. The minimum Gasteiger partial charge on any atom is -0.408 e. The Morgan fingerprint density at radius 3 is 2.52 bits per heavy atom. The van der Waals surface area contributed by atoms with Crippen LogP contribution in [0.2, 0.25) is 0 Å². The highest BCUT2D eigenvalue weighted by molar-refractivity contribution is 6.82. The number of aromatic nitrogens is 1. The predicted octanol–water partition coefficient (Wildman–Crippen LogP) is 2.15. The molecule has 0 spiro atoms. The average Bonchev–Trinajstić information content (AvgIpc) is 2.67. The normalized spacial score (nSPS) is 13.9. The van der Waals surface area contributed by atoms with Crippen molar-refractivity contribution < 1.29 is 4.57 Å². The summed E-state index contributed by atoms with van der Waals surface area (Å²) >= 11 is 0. The Labute approximate surface area is 162 Å². The first-order chi connectivity index (χ1) is 13.0. The van der Waals surface area contributed by atoms with E-state index in [4.69, 9.17) is 0 Å². The second-order valence-corrected chi connectivity index (χ2v) is 8.16. The Kier molecular flexibility index (Phi) is 4.55. The predicted molar refractivity (Wildman–Crippen MR) is 116 cm³/mol. The van der Waals surface area contributed by atoms with E-state index in [-0.39, 0.29) is 6.85 Å². The van der Waals surface area contributed by atoms with Gasteiger partial charge >= 0.3 is 6.85 Å². The molecule has 1 aliphatic heterocycles. The second kappa shape index (κ2) is 6.88. The van der Waals surface area contributed by atoms with Crippen LogP contribution in [0.25, 0.3) is 22.6 Å². The van der Waals surface area contributed by atoms with Crippen LogP contribution in [-0.4, -0.2) is 18.7 Å². The van der Waals surface area contributed by atoms with Gasteiger partial charge in [-0.3, -0.25) is 0 Å². The minimum atomic E-state index is 0.236. The second-order valence-electron chi connectivity index (χ2n) is 8.16. The average molecular weight is 355 g/mol. The SMILES string of the molecule is CC1=c2ccccc2=CB(c2cc(CC(C)C)c3ccccc3[n+]2C)N1C. The van der Waals surface area contributed by atoms with Crippen molar-refractivity contribution >= 4 is 35.0 Å². The number of hydrogen-bond donors (Lipinski definition) is 0. The summed E-state index contributed by atoms with van der Waals surface area (Å²) in [5.41, 5.74) is 5.44. The number of rotatable bonds is 3. The molecule has 0 saturated heterocycles. The number of para-hydroxylation sites is 1. The Bertz CT molecular complexity index is 1130. The van der Waals surface area contributed by atoms with Crippen LogP contribution in [0.5, 0.6) is 0 Å². The van der Waals surface area contributed by atoms with E-state index in [2.05, 4.69) is 105 Å². The van der Waals surface area contributed by atoms with Gasteiger partial charge in [-0.05, 0) is 48.4 Å². The summed E-state index contributed by atoms with van der Waals surface area (Å²) in [7, 11) is 4.41. The fourth-order valence-electron chi connectivity index (χ4n) is 4.36. The smallest absolute Gasteiger partial charge is 0.396 e. The molecule has 1 aromatic heterocycles. The zero-order valence-electron chi connectivity index (χ0n) is 17.0. The zero-order chi connectivity index (χ0) is 19.1. The maximum atomic E-state index is 2.43. The van der Waals surface area contributed by atoms with Crippen LogP contribution in [-0.2, 0) is 13.5 Å². The molecule has 2 aromatic carbocycles. The summed E-state index contributed by atoms with van der Waals surface area (Å²) in [5.74, 6) is 3.04. The lowest BCUT2D eigenvalue weighted by Gasteiger charge is -2.28. The van der Waals surface area contributed by atoms with Gasteiger partial charge in [0.25, 0.3) is 0 Å². The highest BCUT2D eigenvalue weighted by atomic mass is 15.1. The van der Waals surface area contributed by atoms with Crippen molar-refractivity contribution in [2.24, 2.45) is 13.0 Å². The summed E-state index contributed by atoms with van der Waals surface area (Å²) in [4.78, 5) is 2.41. The molecule has 0 saturated carbocycles. The topological polar surface area (TPSA) is 7.12 Å². The molecule has 0 bridgehead atoms. The lowest BCUT2D eigenvalue weighted by atomic mass is 9.54. The Balaban J connectivity index is 1.97. The molecule has 0 atom stereocenters. The molecule has 0 aliphatic carbocycles. The van der Waals surface area contributed by atoms with Crippen molar-refractivity contribution in [2.75, 3.05) is 7.05 Å². The number of aryl methyl sites for hydroxylation is 1. The van der Waals surface area contributed by atoms with E-state index in [1.807, 2.05) is 0 Å². The standard InChI is InChI=1S/C24H28BN2/c1-17(2)14-20-15-24(26(4)23-13-9-8-12-22(20)23)25-16-19-10-6-7-11-21(19)18(3)27(25)5/h6-13,15-17H,14H2,1-5H3/q+1. The molecule has 0 radical (unpaired) electrons. The molecular weight excluding hydrogens is 327 g/mol. The molecule has 0 amide bonds. The van der Waals surface area contributed by atoms with Crippen molar-refractivity contribution in [3.05, 3.63) is 70.6 Å². The first kappa shape index (κ1) is 17.8. The number of fused-ring (bicyclic) bond motifs is 2. The van der Waals surface area contributed by atoms with Crippen molar-refractivity contribution in [3.8, 4) is 0 Å². The van der Waals surface area contributed by atoms with Crippen LogP contribution in [0.15, 0.2) is 54.6 Å². The monoisotopic (exact) mass is 355 g/mol. The first-order valence-electron chi connectivity index (χ1n) is 9.88. The molecule has 0 fully saturated rings. The van der Waals surface area contributed by atoms with E-state index in [0.717, 1.165) is 6.42 Å². The molecule has 3 heteroatoms. The number of nitrogens with zero attached hydrogens (tertiary/aromatic N) is 2. The highest BCUT2D eigenvalue weighted by Gasteiger charge is 2.33. The molecular formula is C24H28BN2+. The Hall–Kier alpha value is -2.55. The van der Waals surface area contributed by atoms with E-state index in [1.54, 1.807) is 0 Å². The van der Waals surface area contributed by atoms with Gasteiger partial charge in [0.05, 0.1) is 0 Å². The summed E-state index contributed by atoms with van der Waals surface area (Å²) < 4.78 is 2.37. The van der Waals surface area contributed by atoms with Gasteiger partial charge in [0, 0.05) is 23.2 Å². The summed E-state index contributed by atoms with van der Waals surface area (Å²) in [6.07, 6.45) is 1.10. The van der Waals surface area contributed by atoms with Gasteiger partial charge < -0.3 is 4.81 Å². The molecule has 0 N–H and O–H groups in total. The van der Waals surface area contributed by atoms with Gasteiger partial charge in [-0.15, -0.1) is 0 Å².